The molecule has 0 amide bonds. The van der Waals surface area contributed by atoms with Crippen LogP contribution in [0, 0.1) is 0 Å². The third-order valence-corrected chi connectivity index (χ3v) is 4.30. The number of guanidine groups is 1. The lowest BCUT2D eigenvalue weighted by Crippen LogP contribution is -2.41. The minimum Gasteiger partial charge on any atom is -0.376 e. The van der Waals surface area contributed by atoms with Gasteiger partial charge in [-0.2, -0.15) is 0 Å². The highest BCUT2D eigenvalue weighted by Gasteiger charge is 2.22. The quantitative estimate of drug-likeness (QED) is 0.378. The zero-order valence-electron chi connectivity index (χ0n) is 14.4. The summed E-state index contributed by atoms with van der Waals surface area (Å²) in [6, 6.07) is 0.592. The molecule has 2 fully saturated rings. The third kappa shape index (κ3) is 6.19. The molecular weight excluding hydrogens is 419 g/mol. The Hall–Kier alpha value is -0.900. The highest BCUT2D eigenvalue weighted by atomic mass is 127. The van der Waals surface area contributed by atoms with Gasteiger partial charge in [0.15, 0.2) is 5.96 Å². The Kier molecular flexibility index (Phi) is 8.23. The van der Waals surface area contributed by atoms with Crippen LogP contribution in [0.25, 0.3) is 0 Å². The van der Waals surface area contributed by atoms with Crippen molar-refractivity contribution in [3.8, 4) is 0 Å². The molecule has 0 aromatic carbocycles. The lowest BCUT2D eigenvalue weighted by atomic mass is 10.1. The summed E-state index contributed by atoms with van der Waals surface area (Å²) in [5, 5.41) is 15.0. The van der Waals surface area contributed by atoms with Crippen LogP contribution in [-0.4, -0.2) is 52.6 Å². The molecule has 24 heavy (non-hydrogen) atoms. The number of aromatic nitrogens is 3. The van der Waals surface area contributed by atoms with Gasteiger partial charge >= 0.3 is 0 Å². The molecule has 1 unspecified atom stereocenters. The molecule has 0 bridgehead atoms. The first-order valence-corrected chi connectivity index (χ1v) is 8.88. The zero-order chi connectivity index (χ0) is 15.9. The molecule has 0 spiro atoms. The lowest BCUT2D eigenvalue weighted by Gasteiger charge is -2.21. The molecule has 3 rings (SSSR count). The van der Waals surface area contributed by atoms with Gasteiger partial charge in [-0.25, -0.2) is 0 Å². The second-order valence-electron chi connectivity index (χ2n) is 6.32. The van der Waals surface area contributed by atoms with Crippen LogP contribution in [-0.2, 0) is 17.7 Å². The van der Waals surface area contributed by atoms with Crippen LogP contribution in [0.2, 0.25) is 0 Å². The van der Waals surface area contributed by atoms with Crippen molar-refractivity contribution in [2.24, 2.45) is 4.99 Å². The summed E-state index contributed by atoms with van der Waals surface area (Å²) in [4.78, 5) is 4.72. The van der Waals surface area contributed by atoms with Crippen LogP contribution in [0.4, 0.5) is 0 Å². The van der Waals surface area contributed by atoms with Crippen molar-refractivity contribution in [2.45, 2.75) is 64.1 Å². The van der Waals surface area contributed by atoms with Crippen molar-refractivity contribution in [3.05, 3.63) is 12.2 Å². The molecule has 1 aromatic heterocycles. The number of aryl methyl sites for hydroxylation is 1. The first kappa shape index (κ1) is 19.4. The Morgan fingerprint density at radius 1 is 1.38 bits per heavy atom. The number of halogens is 1. The maximum absolute atomic E-state index is 5.76. The summed E-state index contributed by atoms with van der Waals surface area (Å²) >= 11 is 0. The molecule has 0 radical (unpaired) electrons. The van der Waals surface area contributed by atoms with E-state index in [2.05, 4.69) is 32.3 Å². The van der Waals surface area contributed by atoms with Gasteiger partial charge in [-0.3, -0.25) is 4.99 Å². The van der Waals surface area contributed by atoms with Gasteiger partial charge in [0.2, 0.25) is 0 Å². The van der Waals surface area contributed by atoms with Crippen LogP contribution in [0.1, 0.15) is 44.9 Å². The van der Waals surface area contributed by atoms with E-state index in [-0.39, 0.29) is 30.1 Å². The van der Waals surface area contributed by atoms with E-state index in [1.807, 2.05) is 0 Å². The first-order valence-electron chi connectivity index (χ1n) is 8.88. The Morgan fingerprint density at radius 3 is 2.96 bits per heavy atom. The van der Waals surface area contributed by atoms with Gasteiger partial charge in [0.25, 0.3) is 0 Å². The Morgan fingerprint density at radius 2 is 2.25 bits per heavy atom. The Bertz CT molecular complexity index is 510. The molecule has 1 aliphatic carbocycles. The summed E-state index contributed by atoms with van der Waals surface area (Å²) in [7, 11) is 0. The van der Waals surface area contributed by atoms with Crippen molar-refractivity contribution < 1.29 is 4.74 Å². The van der Waals surface area contributed by atoms with E-state index < -0.39 is 0 Å². The maximum atomic E-state index is 5.76. The molecule has 7 nitrogen and oxygen atoms in total. The van der Waals surface area contributed by atoms with Gasteiger partial charge in [-0.05, 0) is 32.1 Å². The number of hydrogen-bond acceptors (Lipinski definition) is 4. The lowest BCUT2D eigenvalue weighted by molar-refractivity contribution is 0.0224. The van der Waals surface area contributed by atoms with E-state index in [9.17, 15) is 0 Å². The van der Waals surface area contributed by atoms with Gasteiger partial charge in [-0.1, -0.05) is 6.92 Å². The largest absolute Gasteiger partial charge is 0.376 e. The fourth-order valence-corrected chi connectivity index (χ4v) is 2.75. The normalized spacial score (nSPS) is 21.2. The van der Waals surface area contributed by atoms with Crippen LogP contribution in [0.15, 0.2) is 11.3 Å². The minimum absolute atomic E-state index is 0. The predicted molar refractivity (Wildman–Crippen MR) is 105 cm³/mol. The molecule has 136 valence electrons. The SMILES string of the molecule is CCc1nncn1CCNC(=NCC1CCCCO1)NC1CC1.I. The average molecular weight is 448 g/mol. The number of aliphatic imine (C=N–C) groups is 1. The fourth-order valence-electron chi connectivity index (χ4n) is 2.75. The van der Waals surface area contributed by atoms with Gasteiger partial charge in [-0.15, -0.1) is 34.2 Å². The van der Waals surface area contributed by atoms with Crippen molar-refractivity contribution >= 4 is 29.9 Å². The number of hydrogen-bond donors (Lipinski definition) is 2. The summed E-state index contributed by atoms with van der Waals surface area (Å²) in [6.07, 6.45) is 9.03. The number of ether oxygens (including phenoxy) is 1. The van der Waals surface area contributed by atoms with E-state index in [0.717, 1.165) is 50.9 Å². The van der Waals surface area contributed by atoms with Gasteiger partial charge < -0.3 is 19.9 Å². The van der Waals surface area contributed by atoms with E-state index >= 15 is 0 Å². The van der Waals surface area contributed by atoms with Crippen LogP contribution < -0.4 is 10.6 Å². The molecule has 1 saturated heterocycles. The fraction of sp³-hybridized carbons (Fsp3) is 0.812. The molecule has 2 heterocycles. The van der Waals surface area contributed by atoms with E-state index in [4.69, 9.17) is 9.73 Å². The highest BCUT2D eigenvalue weighted by molar-refractivity contribution is 14.0. The zero-order valence-corrected chi connectivity index (χ0v) is 16.7. The first-order chi connectivity index (χ1) is 11.3. The standard InChI is InChI=1S/C16H28N6O.HI/c1-2-15-21-19-12-22(15)9-8-17-16(20-13-6-7-13)18-11-14-5-3-4-10-23-14;/h12-14H,2-11H2,1H3,(H2,17,18,20);1H. The molecule has 2 aliphatic rings. The monoisotopic (exact) mass is 448 g/mol. The van der Waals surface area contributed by atoms with Crippen LogP contribution >= 0.6 is 24.0 Å². The van der Waals surface area contributed by atoms with Gasteiger partial charge in [0.1, 0.15) is 12.2 Å². The Balaban J connectivity index is 0.00000208. The summed E-state index contributed by atoms with van der Waals surface area (Å²) in [5.74, 6) is 1.93. The minimum atomic E-state index is 0. The predicted octanol–water partition coefficient (Wildman–Crippen LogP) is 1.73. The second kappa shape index (κ2) is 10.2. The Labute approximate surface area is 161 Å². The van der Waals surface area contributed by atoms with Crippen LogP contribution in [0.3, 0.4) is 0 Å². The van der Waals surface area contributed by atoms with E-state index in [1.165, 1.54) is 25.7 Å². The highest BCUT2D eigenvalue weighted by Crippen LogP contribution is 2.18. The molecule has 1 atom stereocenters. The topological polar surface area (TPSA) is 76.4 Å². The van der Waals surface area contributed by atoms with E-state index in [1.54, 1.807) is 6.33 Å². The number of rotatable bonds is 7. The van der Waals surface area contributed by atoms with Crippen molar-refractivity contribution in [1.82, 2.24) is 25.4 Å². The molecule has 8 heteroatoms. The third-order valence-electron chi connectivity index (χ3n) is 4.30. The smallest absolute Gasteiger partial charge is 0.191 e. The summed E-state index contributed by atoms with van der Waals surface area (Å²) in [5.41, 5.74) is 0. The van der Waals surface area contributed by atoms with Crippen molar-refractivity contribution in [2.75, 3.05) is 19.7 Å². The average Bonchev–Trinajstić information content (AvgIpc) is 3.29. The van der Waals surface area contributed by atoms with E-state index in [0.29, 0.717) is 6.04 Å². The summed E-state index contributed by atoms with van der Waals surface area (Å²) in [6.45, 7) is 5.39. The molecule has 1 aromatic rings. The van der Waals surface area contributed by atoms with Gasteiger partial charge in [0.05, 0.1) is 12.6 Å². The maximum Gasteiger partial charge on any atom is 0.191 e. The van der Waals surface area contributed by atoms with Gasteiger partial charge in [0, 0.05) is 32.2 Å². The van der Waals surface area contributed by atoms with Crippen LogP contribution in [0.5, 0.6) is 0 Å². The molecular formula is C16H29IN6O. The number of nitrogens with zero attached hydrogens (tertiary/aromatic N) is 4. The molecule has 2 N–H and O–H groups in total. The van der Waals surface area contributed by atoms with Crippen molar-refractivity contribution in [1.29, 1.82) is 0 Å². The number of nitrogens with one attached hydrogen (secondary N) is 2. The van der Waals surface area contributed by atoms with Crippen molar-refractivity contribution in [3.63, 3.8) is 0 Å². The molecule has 1 saturated carbocycles. The second-order valence-corrected chi connectivity index (χ2v) is 6.32. The summed E-state index contributed by atoms with van der Waals surface area (Å²) < 4.78 is 7.85. The molecule has 1 aliphatic heterocycles.